The fourth-order valence-corrected chi connectivity index (χ4v) is 5.65. The minimum absolute atomic E-state index is 0.0384. The number of hydrogen-bond acceptors (Lipinski definition) is 4. The van der Waals surface area contributed by atoms with E-state index in [1.165, 1.54) is 48.5 Å². The molecule has 3 aromatic carbocycles. The molecule has 0 aromatic heterocycles. The van der Waals surface area contributed by atoms with Crippen molar-refractivity contribution in [2.45, 2.75) is 4.75 Å². The number of aromatic hydroxyl groups is 2. The zero-order chi connectivity index (χ0) is 21.6. The van der Waals surface area contributed by atoms with E-state index < -0.39 is 42.0 Å². The minimum atomic E-state index is -5.11. The van der Waals surface area contributed by atoms with Crippen molar-refractivity contribution in [3.8, 4) is 11.5 Å². The van der Waals surface area contributed by atoms with Gasteiger partial charge in [-0.25, -0.2) is 0 Å². The number of benzene rings is 3. The Hall–Kier alpha value is -1.67. The molecule has 0 aliphatic heterocycles. The normalized spacial score (nSPS) is 12.2. The van der Waals surface area contributed by atoms with Gasteiger partial charge in [-0.3, -0.25) is 4.55 Å². The Kier molecular flexibility index (Phi) is 5.98. The maximum absolute atomic E-state index is 13.0. The third kappa shape index (κ3) is 3.65. The van der Waals surface area contributed by atoms with E-state index in [-0.39, 0.29) is 21.2 Å². The molecule has 0 saturated carbocycles. The molecule has 0 aliphatic carbocycles. The Morgan fingerprint density at radius 3 is 1.48 bits per heavy atom. The number of halogens is 4. The summed E-state index contributed by atoms with van der Waals surface area (Å²) in [5.74, 6) is -1.28. The molecule has 0 atom stereocenters. The first-order valence-corrected chi connectivity index (χ1v) is 10.8. The summed E-state index contributed by atoms with van der Waals surface area (Å²) in [5.41, 5.74) is -0.530. The first-order valence-electron chi connectivity index (χ1n) is 7.89. The van der Waals surface area contributed by atoms with Crippen molar-refractivity contribution in [3.05, 3.63) is 91.4 Å². The molecule has 0 saturated heterocycles. The van der Waals surface area contributed by atoms with E-state index in [0.717, 1.165) is 6.07 Å². The summed E-state index contributed by atoms with van der Waals surface area (Å²) in [6.45, 7) is 0. The molecule has 3 N–H and O–H groups in total. The second-order valence-electron chi connectivity index (χ2n) is 6.09. The molecular weight excluding hydrogens is 482 g/mol. The van der Waals surface area contributed by atoms with Crippen molar-refractivity contribution >= 4 is 56.5 Å². The molecule has 0 amide bonds. The SMILES string of the molecule is O=S(=O)(O)C(c1cccc(Cl)c1)(c1cccc(Cl)c1)c1c(Cl)c(O)cc(O)c1Cl. The third-order valence-corrected chi connectivity index (χ3v) is 7.05. The highest BCUT2D eigenvalue weighted by Gasteiger charge is 2.52. The lowest BCUT2D eigenvalue weighted by molar-refractivity contribution is 0.444. The van der Waals surface area contributed by atoms with Gasteiger partial charge in [0, 0.05) is 21.7 Å². The van der Waals surface area contributed by atoms with Crippen LogP contribution in [0.5, 0.6) is 11.5 Å². The van der Waals surface area contributed by atoms with E-state index in [0.29, 0.717) is 0 Å². The van der Waals surface area contributed by atoms with Gasteiger partial charge in [0.1, 0.15) is 11.5 Å². The predicted octanol–water partition coefficient (Wildman–Crippen LogP) is 5.89. The van der Waals surface area contributed by atoms with Crippen LogP contribution in [-0.2, 0) is 14.9 Å². The Morgan fingerprint density at radius 2 is 1.14 bits per heavy atom. The highest BCUT2D eigenvalue weighted by atomic mass is 35.5. The third-order valence-electron chi connectivity index (χ3n) is 4.36. The average molecular weight is 494 g/mol. The lowest BCUT2D eigenvalue weighted by Gasteiger charge is -2.34. The van der Waals surface area contributed by atoms with Gasteiger partial charge in [0.2, 0.25) is 0 Å². The summed E-state index contributed by atoms with van der Waals surface area (Å²) in [4.78, 5) is 0. The van der Waals surface area contributed by atoms with Crippen LogP contribution in [0, 0.1) is 0 Å². The lowest BCUT2D eigenvalue weighted by Crippen LogP contribution is -2.39. The molecule has 29 heavy (non-hydrogen) atoms. The lowest BCUT2D eigenvalue weighted by atomic mass is 9.83. The smallest absolute Gasteiger partial charge is 0.283 e. The summed E-state index contributed by atoms with van der Waals surface area (Å²) >= 11 is 24.7. The molecule has 0 unspecified atom stereocenters. The molecule has 3 aromatic rings. The van der Waals surface area contributed by atoms with E-state index in [1.807, 2.05) is 0 Å². The van der Waals surface area contributed by atoms with Crippen LogP contribution < -0.4 is 0 Å². The standard InChI is InChI=1S/C19H12Cl4O5S/c20-12-5-1-3-10(7-12)19(29(26,27)28,11-4-2-6-13(21)8-11)16-17(22)14(24)9-15(25)18(16)23/h1-9,24-25H,(H,26,27,28). The summed E-state index contributed by atoms with van der Waals surface area (Å²) in [6, 6.07) is 12.1. The molecule has 0 aliphatic rings. The average Bonchev–Trinajstić information content (AvgIpc) is 2.62. The van der Waals surface area contributed by atoms with Crippen molar-refractivity contribution in [1.29, 1.82) is 0 Å². The molecule has 3 rings (SSSR count). The van der Waals surface area contributed by atoms with E-state index >= 15 is 0 Å². The molecule has 0 fully saturated rings. The summed E-state index contributed by atoms with van der Waals surface area (Å²) in [5, 5.41) is 19.7. The van der Waals surface area contributed by atoms with Gasteiger partial charge in [0.05, 0.1) is 10.0 Å². The zero-order valence-corrected chi connectivity index (χ0v) is 18.1. The maximum atomic E-state index is 13.0. The van der Waals surface area contributed by atoms with E-state index in [2.05, 4.69) is 0 Å². The molecule has 0 bridgehead atoms. The number of hydrogen-bond donors (Lipinski definition) is 3. The molecule has 0 spiro atoms. The Labute approximate surface area is 186 Å². The molecule has 5 nitrogen and oxygen atoms in total. The molecule has 0 radical (unpaired) electrons. The molecule has 10 heteroatoms. The Bertz CT molecular complexity index is 1140. The second kappa shape index (κ2) is 7.87. The summed E-state index contributed by atoms with van der Waals surface area (Å²) < 4.78 is 34.0. The van der Waals surface area contributed by atoms with Crippen molar-refractivity contribution in [3.63, 3.8) is 0 Å². The van der Waals surface area contributed by atoms with Gasteiger partial charge >= 0.3 is 0 Å². The fourth-order valence-electron chi connectivity index (χ4n) is 3.21. The van der Waals surface area contributed by atoms with Gasteiger partial charge in [0.25, 0.3) is 10.1 Å². The first-order chi connectivity index (χ1) is 13.5. The number of phenolic OH excluding ortho intramolecular Hbond substituents is 2. The highest BCUT2D eigenvalue weighted by Crippen LogP contribution is 2.53. The Balaban J connectivity index is 2.66. The first kappa shape index (κ1) is 22.0. The van der Waals surface area contributed by atoms with Gasteiger partial charge in [-0.1, -0.05) is 70.7 Å². The van der Waals surface area contributed by atoms with Gasteiger partial charge in [-0.15, -0.1) is 0 Å². The van der Waals surface area contributed by atoms with Crippen LogP contribution in [0.4, 0.5) is 0 Å². The van der Waals surface area contributed by atoms with Crippen molar-refractivity contribution < 1.29 is 23.2 Å². The van der Waals surface area contributed by atoms with Crippen molar-refractivity contribution in [1.82, 2.24) is 0 Å². The highest BCUT2D eigenvalue weighted by molar-refractivity contribution is 7.87. The quantitative estimate of drug-likeness (QED) is 0.311. The van der Waals surface area contributed by atoms with Gasteiger partial charge in [-0.05, 0) is 35.4 Å². The number of rotatable bonds is 4. The predicted molar refractivity (Wildman–Crippen MR) is 114 cm³/mol. The molecule has 0 heterocycles. The Morgan fingerprint density at radius 1 is 0.724 bits per heavy atom. The second-order valence-corrected chi connectivity index (χ2v) is 9.29. The van der Waals surface area contributed by atoms with E-state index in [9.17, 15) is 23.2 Å². The van der Waals surface area contributed by atoms with Crippen LogP contribution in [0.1, 0.15) is 16.7 Å². The van der Waals surface area contributed by atoms with E-state index in [1.54, 1.807) is 0 Å². The zero-order valence-electron chi connectivity index (χ0n) is 14.3. The van der Waals surface area contributed by atoms with Gasteiger partial charge in [0.15, 0.2) is 4.75 Å². The van der Waals surface area contributed by atoms with Gasteiger partial charge < -0.3 is 10.2 Å². The van der Waals surface area contributed by atoms with Crippen molar-refractivity contribution in [2.24, 2.45) is 0 Å². The topological polar surface area (TPSA) is 94.8 Å². The van der Waals surface area contributed by atoms with Crippen molar-refractivity contribution in [2.75, 3.05) is 0 Å². The van der Waals surface area contributed by atoms with E-state index in [4.69, 9.17) is 46.4 Å². The summed E-state index contributed by atoms with van der Waals surface area (Å²) in [7, 11) is -5.11. The largest absolute Gasteiger partial charge is 0.506 e. The van der Waals surface area contributed by atoms with Crippen LogP contribution in [-0.4, -0.2) is 23.2 Å². The van der Waals surface area contributed by atoms with Crippen LogP contribution in [0.25, 0.3) is 0 Å². The van der Waals surface area contributed by atoms with Crippen LogP contribution >= 0.6 is 46.4 Å². The van der Waals surface area contributed by atoms with Gasteiger partial charge in [-0.2, -0.15) is 8.42 Å². The van der Waals surface area contributed by atoms with Crippen LogP contribution in [0.2, 0.25) is 20.1 Å². The number of phenols is 2. The van der Waals surface area contributed by atoms with Crippen LogP contribution in [0.3, 0.4) is 0 Å². The fraction of sp³-hybridized carbons (Fsp3) is 0.0526. The molecular formula is C19H12Cl4O5S. The molecule has 152 valence electrons. The summed E-state index contributed by atoms with van der Waals surface area (Å²) in [6.07, 6.45) is 0. The maximum Gasteiger partial charge on any atom is 0.283 e. The van der Waals surface area contributed by atoms with Crippen LogP contribution in [0.15, 0.2) is 54.6 Å². The monoisotopic (exact) mass is 492 g/mol. The minimum Gasteiger partial charge on any atom is -0.506 e.